The van der Waals surface area contributed by atoms with Gasteiger partial charge < -0.3 is 10.2 Å². The van der Waals surface area contributed by atoms with Crippen molar-refractivity contribution < 1.29 is 23.2 Å². The Hall–Kier alpha value is -3.23. The summed E-state index contributed by atoms with van der Waals surface area (Å²) in [4.78, 5) is -0.410. The fourth-order valence-electron chi connectivity index (χ4n) is 2.41. The van der Waals surface area contributed by atoms with Crippen molar-refractivity contribution in [1.29, 1.82) is 0 Å². The summed E-state index contributed by atoms with van der Waals surface area (Å²) in [5.41, 5.74) is 0.423. The Kier molecular flexibility index (Phi) is 4.70. The van der Waals surface area contributed by atoms with Gasteiger partial charge in [-0.05, 0) is 29.8 Å². The monoisotopic (exact) mass is 370 g/mol. The van der Waals surface area contributed by atoms with Crippen LogP contribution < -0.4 is 0 Å². The molecule has 0 aliphatic heterocycles. The topological polar surface area (TPSA) is 120 Å². The molecule has 3 aromatic carbocycles. The Labute approximate surface area is 149 Å². The van der Waals surface area contributed by atoms with Gasteiger partial charge in [-0.15, -0.1) is 10.2 Å². The molecule has 26 heavy (non-hydrogen) atoms. The first-order valence-electron chi connectivity index (χ1n) is 7.46. The van der Waals surface area contributed by atoms with E-state index in [2.05, 4.69) is 10.2 Å². The van der Waals surface area contributed by atoms with Crippen LogP contribution in [0.4, 0.5) is 11.4 Å². The number of phenolic OH excluding ortho intramolecular Hbond substituents is 2. The quantitative estimate of drug-likeness (QED) is 0.464. The Morgan fingerprint density at radius 2 is 1.38 bits per heavy atom. The van der Waals surface area contributed by atoms with E-state index in [-0.39, 0.29) is 28.4 Å². The van der Waals surface area contributed by atoms with Crippen molar-refractivity contribution in [2.75, 3.05) is 0 Å². The summed E-state index contributed by atoms with van der Waals surface area (Å²) >= 11 is 0. The zero-order valence-electron chi connectivity index (χ0n) is 13.3. The predicted octanol–water partition coefficient (Wildman–Crippen LogP) is 4.43. The molecular weight excluding hydrogens is 356 g/mol. The summed E-state index contributed by atoms with van der Waals surface area (Å²) in [5.74, 6) is -0.446. The van der Waals surface area contributed by atoms with E-state index >= 15 is 0 Å². The first-order chi connectivity index (χ1) is 12.4. The van der Waals surface area contributed by atoms with Crippen molar-refractivity contribution in [2.24, 2.45) is 10.2 Å². The average Bonchev–Trinajstić information content (AvgIpc) is 2.61. The first kappa shape index (κ1) is 17.6. The van der Waals surface area contributed by atoms with E-state index in [1.54, 1.807) is 42.5 Å². The van der Waals surface area contributed by atoms with E-state index in [1.807, 2.05) is 0 Å². The van der Waals surface area contributed by atoms with E-state index in [0.29, 0.717) is 5.56 Å². The number of azo groups is 1. The summed E-state index contributed by atoms with van der Waals surface area (Å²) in [6.45, 7) is 0. The molecule has 0 aliphatic rings. The normalized spacial score (nSPS) is 11.7. The molecule has 0 saturated carbocycles. The van der Waals surface area contributed by atoms with Gasteiger partial charge in [0.25, 0.3) is 10.1 Å². The molecule has 8 heteroatoms. The Morgan fingerprint density at radius 3 is 2.04 bits per heavy atom. The second-order valence-electron chi connectivity index (χ2n) is 5.34. The fourth-order valence-corrected chi connectivity index (χ4v) is 3.13. The molecule has 0 aliphatic carbocycles. The largest absolute Gasteiger partial charge is 0.506 e. The van der Waals surface area contributed by atoms with Crippen LogP contribution in [0, 0.1) is 0 Å². The zero-order valence-corrected chi connectivity index (χ0v) is 14.1. The maximum absolute atomic E-state index is 11.8. The molecule has 0 atom stereocenters. The lowest BCUT2D eigenvalue weighted by molar-refractivity contribution is 0.472. The summed E-state index contributed by atoms with van der Waals surface area (Å²) in [7, 11) is -4.57. The molecular formula is C18H14N2O5S. The molecule has 0 heterocycles. The number of nitrogens with zero attached hydrogens (tertiary/aromatic N) is 2. The minimum atomic E-state index is -4.57. The van der Waals surface area contributed by atoms with Crippen molar-refractivity contribution in [3.63, 3.8) is 0 Å². The number of hydrogen-bond acceptors (Lipinski definition) is 6. The van der Waals surface area contributed by atoms with Gasteiger partial charge in [0, 0.05) is 5.56 Å². The van der Waals surface area contributed by atoms with Gasteiger partial charge in [-0.3, -0.25) is 4.55 Å². The van der Waals surface area contributed by atoms with E-state index in [9.17, 15) is 23.2 Å². The van der Waals surface area contributed by atoms with E-state index < -0.39 is 15.0 Å². The lowest BCUT2D eigenvalue weighted by Gasteiger charge is -2.11. The molecule has 3 rings (SSSR count). The van der Waals surface area contributed by atoms with Crippen LogP contribution in [0.25, 0.3) is 11.1 Å². The molecule has 0 aromatic heterocycles. The number of phenols is 2. The lowest BCUT2D eigenvalue weighted by Crippen LogP contribution is -2.01. The molecule has 0 amide bonds. The van der Waals surface area contributed by atoms with Crippen molar-refractivity contribution in [3.8, 4) is 22.6 Å². The van der Waals surface area contributed by atoms with Gasteiger partial charge in [-0.25, -0.2) is 0 Å². The third-order valence-electron chi connectivity index (χ3n) is 3.60. The molecule has 3 aromatic rings. The molecule has 0 unspecified atom stereocenters. The highest BCUT2D eigenvalue weighted by Gasteiger charge is 2.22. The average molecular weight is 370 g/mol. The summed E-state index contributed by atoms with van der Waals surface area (Å²) in [6.07, 6.45) is 0. The highest BCUT2D eigenvalue weighted by atomic mass is 32.2. The number of para-hydroxylation sites is 1. The minimum absolute atomic E-state index is 0.00673. The highest BCUT2D eigenvalue weighted by Crippen LogP contribution is 2.43. The van der Waals surface area contributed by atoms with Crippen LogP contribution in [0.15, 0.2) is 81.9 Å². The second kappa shape index (κ2) is 6.95. The van der Waals surface area contributed by atoms with E-state index in [0.717, 1.165) is 12.1 Å². The Morgan fingerprint density at radius 1 is 0.731 bits per heavy atom. The molecule has 0 radical (unpaired) electrons. The van der Waals surface area contributed by atoms with Crippen LogP contribution in [-0.2, 0) is 10.1 Å². The SMILES string of the molecule is O=S(=O)(O)c1ccc(O)c(N=Nc2ccccc2O)c1-c1ccccc1. The summed E-state index contributed by atoms with van der Waals surface area (Å²) < 4.78 is 33.1. The van der Waals surface area contributed by atoms with Crippen LogP contribution >= 0.6 is 0 Å². The van der Waals surface area contributed by atoms with Gasteiger partial charge in [0.2, 0.25) is 0 Å². The van der Waals surface area contributed by atoms with Gasteiger partial charge in [-0.1, -0.05) is 42.5 Å². The second-order valence-corrected chi connectivity index (χ2v) is 6.73. The van der Waals surface area contributed by atoms with Crippen molar-refractivity contribution in [1.82, 2.24) is 0 Å². The van der Waals surface area contributed by atoms with Crippen molar-refractivity contribution in [3.05, 3.63) is 66.7 Å². The summed E-state index contributed by atoms with van der Waals surface area (Å²) in [5, 5.41) is 27.8. The standard InChI is InChI=1S/C18H14N2O5S/c21-14-9-5-4-8-13(14)19-20-18-15(22)10-11-16(26(23,24)25)17(18)12-6-2-1-3-7-12/h1-11,21-22H,(H,23,24,25). The van der Waals surface area contributed by atoms with Crippen LogP contribution in [-0.4, -0.2) is 23.2 Å². The van der Waals surface area contributed by atoms with E-state index in [4.69, 9.17) is 0 Å². The third-order valence-corrected chi connectivity index (χ3v) is 4.49. The molecule has 3 N–H and O–H groups in total. The zero-order chi connectivity index (χ0) is 18.7. The molecule has 0 saturated heterocycles. The van der Waals surface area contributed by atoms with E-state index in [1.165, 1.54) is 12.1 Å². The first-order valence-corrected chi connectivity index (χ1v) is 8.90. The Bertz CT molecular complexity index is 1080. The number of hydrogen-bond donors (Lipinski definition) is 3. The Balaban J connectivity index is 2.26. The number of rotatable bonds is 4. The summed E-state index contributed by atoms with van der Waals surface area (Å²) in [6, 6.07) is 16.7. The third kappa shape index (κ3) is 3.56. The van der Waals surface area contributed by atoms with Gasteiger partial charge >= 0.3 is 0 Å². The van der Waals surface area contributed by atoms with Gasteiger partial charge in [0.1, 0.15) is 27.8 Å². The fraction of sp³-hybridized carbons (Fsp3) is 0. The molecule has 0 spiro atoms. The van der Waals surface area contributed by atoms with Gasteiger partial charge in [0.15, 0.2) is 0 Å². The van der Waals surface area contributed by atoms with Crippen molar-refractivity contribution in [2.45, 2.75) is 4.90 Å². The maximum Gasteiger partial charge on any atom is 0.295 e. The number of aromatic hydroxyl groups is 2. The van der Waals surface area contributed by atoms with Gasteiger partial charge in [0.05, 0.1) is 0 Å². The van der Waals surface area contributed by atoms with Crippen LogP contribution in [0.5, 0.6) is 11.5 Å². The molecule has 0 fully saturated rings. The molecule has 132 valence electrons. The van der Waals surface area contributed by atoms with Crippen molar-refractivity contribution >= 4 is 21.5 Å². The van der Waals surface area contributed by atoms with Gasteiger partial charge in [-0.2, -0.15) is 8.42 Å². The molecule has 7 nitrogen and oxygen atoms in total. The minimum Gasteiger partial charge on any atom is -0.506 e. The lowest BCUT2D eigenvalue weighted by atomic mass is 10.0. The van der Waals surface area contributed by atoms with Crippen LogP contribution in [0.2, 0.25) is 0 Å². The molecule has 0 bridgehead atoms. The smallest absolute Gasteiger partial charge is 0.295 e. The van der Waals surface area contributed by atoms with Crippen LogP contribution in [0.1, 0.15) is 0 Å². The van der Waals surface area contributed by atoms with Crippen LogP contribution in [0.3, 0.4) is 0 Å². The maximum atomic E-state index is 11.8. The number of benzene rings is 3. The predicted molar refractivity (Wildman–Crippen MR) is 95.6 cm³/mol. The highest BCUT2D eigenvalue weighted by molar-refractivity contribution is 7.86.